The first-order valence-electron chi connectivity index (χ1n) is 6.43. The topological polar surface area (TPSA) is 66.1 Å². The van der Waals surface area contributed by atoms with E-state index in [1.165, 1.54) is 6.42 Å². The Labute approximate surface area is 110 Å². The lowest BCUT2D eigenvalue weighted by Crippen LogP contribution is -2.42. The molecule has 1 aromatic heterocycles. The van der Waals surface area contributed by atoms with E-state index in [1.54, 1.807) is 30.1 Å². The molecule has 0 saturated heterocycles. The number of H-pyrrole nitrogens is 1. The summed E-state index contributed by atoms with van der Waals surface area (Å²) >= 11 is 0. The number of hydrogen-bond donors (Lipinski definition) is 1. The molecule has 1 N–H and O–H groups in total. The average molecular weight is 257 g/mol. The molecule has 2 aromatic rings. The highest BCUT2D eigenvalue weighted by Crippen LogP contribution is 2.25. The number of hydrogen-bond acceptors (Lipinski definition) is 3. The largest absolute Gasteiger partial charge is 0.337 e. The second-order valence-electron chi connectivity index (χ2n) is 4.95. The Morgan fingerprint density at radius 1 is 1.32 bits per heavy atom. The number of benzene rings is 1. The van der Waals surface area contributed by atoms with Gasteiger partial charge in [-0.25, -0.2) is 5.10 Å². The van der Waals surface area contributed by atoms with Gasteiger partial charge in [-0.15, -0.1) is 0 Å². The molecule has 1 heterocycles. The molecule has 1 fully saturated rings. The van der Waals surface area contributed by atoms with Gasteiger partial charge in [0.2, 0.25) is 0 Å². The summed E-state index contributed by atoms with van der Waals surface area (Å²) in [6, 6.07) is 7.36. The fourth-order valence-electron chi connectivity index (χ4n) is 2.38. The van der Waals surface area contributed by atoms with Crippen LogP contribution in [0, 0.1) is 0 Å². The summed E-state index contributed by atoms with van der Waals surface area (Å²) in [6.07, 6.45) is 3.26. The number of fused-ring (bicyclic) bond motifs is 1. The third-order valence-electron chi connectivity index (χ3n) is 3.84. The standard InChI is InChI=1S/C14H15N3O2/c1-17(9-5-4-6-9)14(19)12-10-7-2-3-8-11(10)13(18)16-15-12/h2-3,7-9H,4-6H2,1H3,(H,16,18). The molecule has 0 bridgehead atoms. The number of nitrogens with zero attached hydrogens (tertiary/aromatic N) is 2. The second-order valence-corrected chi connectivity index (χ2v) is 4.95. The Bertz CT molecular complexity index is 688. The van der Waals surface area contributed by atoms with Crippen LogP contribution >= 0.6 is 0 Å². The molecule has 1 aliphatic carbocycles. The van der Waals surface area contributed by atoms with E-state index in [0.717, 1.165) is 12.8 Å². The lowest BCUT2D eigenvalue weighted by molar-refractivity contribution is 0.0647. The van der Waals surface area contributed by atoms with Gasteiger partial charge in [0.1, 0.15) is 0 Å². The van der Waals surface area contributed by atoms with Crippen LogP contribution in [-0.2, 0) is 0 Å². The molecule has 1 aromatic carbocycles. The minimum absolute atomic E-state index is 0.128. The van der Waals surface area contributed by atoms with Crippen LogP contribution in [0.15, 0.2) is 29.1 Å². The van der Waals surface area contributed by atoms with Gasteiger partial charge in [-0.3, -0.25) is 9.59 Å². The van der Waals surface area contributed by atoms with Crippen molar-refractivity contribution in [3.63, 3.8) is 0 Å². The minimum atomic E-state index is -0.265. The number of amides is 1. The normalized spacial score (nSPS) is 15.2. The van der Waals surface area contributed by atoms with Gasteiger partial charge < -0.3 is 4.90 Å². The van der Waals surface area contributed by atoms with E-state index in [9.17, 15) is 9.59 Å². The lowest BCUT2D eigenvalue weighted by atomic mass is 9.91. The van der Waals surface area contributed by atoms with Crippen LogP contribution in [0.3, 0.4) is 0 Å². The molecule has 0 spiro atoms. The first-order chi connectivity index (χ1) is 9.18. The number of aromatic nitrogens is 2. The van der Waals surface area contributed by atoms with Gasteiger partial charge in [0.05, 0.1) is 5.39 Å². The van der Waals surface area contributed by atoms with E-state index in [0.29, 0.717) is 22.5 Å². The zero-order valence-corrected chi connectivity index (χ0v) is 10.7. The van der Waals surface area contributed by atoms with Gasteiger partial charge in [0.15, 0.2) is 5.69 Å². The number of carbonyl (C=O) groups is 1. The summed E-state index contributed by atoms with van der Waals surface area (Å²) in [6.45, 7) is 0. The first-order valence-corrected chi connectivity index (χ1v) is 6.43. The van der Waals surface area contributed by atoms with E-state index in [1.807, 2.05) is 6.07 Å². The molecule has 1 aliphatic rings. The molecule has 98 valence electrons. The van der Waals surface area contributed by atoms with Crippen molar-refractivity contribution in [3.05, 3.63) is 40.3 Å². The van der Waals surface area contributed by atoms with Gasteiger partial charge in [-0.1, -0.05) is 18.2 Å². The van der Waals surface area contributed by atoms with Crippen LogP contribution in [0.4, 0.5) is 0 Å². The molecule has 0 atom stereocenters. The molecular weight excluding hydrogens is 242 g/mol. The summed E-state index contributed by atoms with van der Waals surface area (Å²) in [4.78, 5) is 25.9. The van der Waals surface area contributed by atoms with Crippen molar-refractivity contribution >= 4 is 16.7 Å². The summed E-state index contributed by atoms with van der Waals surface area (Å²) in [5.74, 6) is -0.128. The number of nitrogens with one attached hydrogen (secondary N) is 1. The quantitative estimate of drug-likeness (QED) is 0.887. The Hall–Kier alpha value is -2.17. The Kier molecular flexibility index (Phi) is 2.81. The van der Waals surface area contributed by atoms with E-state index in [-0.39, 0.29) is 11.5 Å². The van der Waals surface area contributed by atoms with Gasteiger partial charge in [0, 0.05) is 18.5 Å². The Balaban J connectivity index is 2.07. The predicted molar refractivity (Wildman–Crippen MR) is 72.1 cm³/mol. The van der Waals surface area contributed by atoms with Gasteiger partial charge in [0.25, 0.3) is 11.5 Å². The number of rotatable bonds is 2. The summed E-state index contributed by atoms with van der Waals surface area (Å²) in [5.41, 5.74) is 0.0584. The highest BCUT2D eigenvalue weighted by molar-refractivity contribution is 6.04. The van der Waals surface area contributed by atoms with Gasteiger partial charge in [-0.05, 0) is 25.3 Å². The van der Waals surface area contributed by atoms with Crippen molar-refractivity contribution in [1.29, 1.82) is 0 Å². The number of carbonyl (C=O) groups excluding carboxylic acids is 1. The summed E-state index contributed by atoms with van der Waals surface area (Å²) in [5, 5.41) is 7.46. The highest BCUT2D eigenvalue weighted by Gasteiger charge is 2.28. The molecule has 0 aliphatic heterocycles. The molecule has 5 nitrogen and oxygen atoms in total. The molecule has 0 unspecified atom stereocenters. The zero-order valence-electron chi connectivity index (χ0n) is 10.7. The molecule has 0 radical (unpaired) electrons. The van der Waals surface area contributed by atoms with Crippen LogP contribution in [0.25, 0.3) is 10.8 Å². The minimum Gasteiger partial charge on any atom is -0.337 e. The van der Waals surface area contributed by atoms with Crippen LogP contribution in [0.1, 0.15) is 29.8 Å². The molecule has 1 amide bonds. The third kappa shape index (κ3) is 1.91. The van der Waals surface area contributed by atoms with Crippen molar-refractivity contribution in [2.75, 3.05) is 7.05 Å². The summed E-state index contributed by atoms with van der Waals surface area (Å²) in [7, 11) is 1.80. The van der Waals surface area contributed by atoms with E-state index in [2.05, 4.69) is 10.2 Å². The average Bonchev–Trinajstić information content (AvgIpc) is 2.37. The van der Waals surface area contributed by atoms with Crippen LogP contribution in [0.5, 0.6) is 0 Å². The molecule has 1 saturated carbocycles. The first kappa shape index (κ1) is 11.9. The van der Waals surface area contributed by atoms with Crippen LogP contribution < -0.4 is 5.56 Å². The predicted octanol–water partition coefficient (Wildman–Crippen LogP) is 1.55. The maximum atomic E-state index is 12.4. The molecule has 3 rings (SSSR count). The Morgan fingerprint density at radius 2 is 2.00 bits per heavy atom. The van der Waals surface area contributed by atoms with Crippen molar-refractivity contribution in [1.82, 2.24) is 15.1 Å². The van der Waals surface area contributed by atoms with Gasteiger partial charge >= 0.3 is 0 Å². The fraction of sp³-hybridized carbons (Fsp3) is 0.357. The smallest absolute Gasteiger partial charge is 0.274 e. The third-order valence-corrected chi connectivity index (χ3v) is 3.84. The zero-order chi connectivity index (χ0) is 13.4. The van der Waals surface area contributed by atoms with Crippen molar-refractivity contribution < 1.29 is 4.79 Å². The van der Waals surface area contributed by atoms with E-state index < -0.39 is 0 Å². The summed E-state index contributed by atoms with van der Waals surface area (Å²) < 4.78 is 0. The molecule has 5 heteroatoms. The maximum absolute atomic E-state index is 12.4. The fourth-order valence-corrected chi connectivity index (χ4v) is 2.38. The van der Waals surface area contributed by atoms with Crippen LogP contribution in [-0.4, -0.2) is 34.1 Å². The Morgan fingerprint density at radius 3 is 2.63 bits per heavy atom. The van der Waals surface area contributed by atoms with Crippen molar-refractivity contribution in [2.24, 2.45) is 0 Å². The van der Waals surface area contributed by atoms with Crippen molar-refractivity contribution in [2.45, 2.75) is 25.3 Å². The van der Waals surface area contributed by atoms with Crippen LogP contribution in [0.2, 0.25) is 0 Å². The highest BCUT2D eigenvalue weighted by atomic mass is 16.2. The number of aromatic amines is 1. The van der Waals surface area contributed by atoms with E-state index in [4.69, 9.17) is 0 Å². The maximum Gasteiger partial charge on any atom is 0.274 e. The van der Waals surface area contributed by atoms with Gasteiger partial charge in [-0.2, -0.15) is 5.10 Å². The monoisotopic (exact) mass is 257 g/mol. The van der Waals surface area contributed by atoms with Crippen molar-refractivity contribution in [3.8, 4) is 0 Å². The SMILES string of the molecule is CN(C(=O)c1n[nH]c(=O)c2ccccc12)C1CCC1. The lowest BCUT2D eigenvalue weighted by Gasteiger charge is -2.34. The molecular formula is C14H15N3O2. The molecule has 19 heavy (non-hydrogen) atoms. The second kappa shape index (κ2) is 4.50. The van der Waals surface area contributed by atoms with E-state index >= 15 is 0 Å².